The molecule has 482 valence electrons. The second-order valence-electron chi connectivity index (χ2n) is 23.3. The van der Waals surface area contributed by atoms with Gasteiger partial charge < -0.3 is 73.3 Å². The number of esters is 1. The van der Waals surface area contributed by atoms with Gasteiger partial charge in [0.05, 0.1) is 67.5 Å². The maximum atomic E-state index is 14.4. The number of aliphatic hydroxyl groups is 2. The van der Waals surface area contributed by atoms with Crippen LogP contribution in [0.15, 0.2) is 101 Å². The third-order valence-corrected chi connectivity index (χ3v) is 18.4. The van der Waals surface area contributed by atoms with Crippen LogP contribution >= 0.6 is 22.9 Å². The fourth-order valence-corrected chi connectivity index (χ4v) is 13.3. The number of aliphatic hydroxyl groups excluding tert-OH is 1. The standard InChI is InChI=1S/C49H75NO13.C7H6O2.C6H8ClN5O2S/c1-12-26(2)44-29(5)18-19-48(63-44)24-35-21-34(62-48)17-16-28(4)43(27(3)14-13-15-33-25-56-46-42(51)30(6)20-36(47(52)59-35)49(33,46)53)60-40-23-38(55-11)45(32(8)58-40)61-39-22-37(54-10)41(50-9)31(7)57-39;8-7(9)6-4-2-1-3-5-6;1-8-6(11-12(13)14)10-3-4-2-9-5(7)15-4/h13-16,18-20,26-27,29,31-32,34-46,50-51,53H,12,17,21-25H2,1-11H3;1-5H,(H,8,9);2H,3H2,1H3,(H2,8,10,11)/b14-13+,28-16+,33-15+;;/t26-,27-,29-,31-,32-,34+,35-,36-,37-,38-,39-,40-,41-,42+,43-,44+,45-,46+,48+,49+;;/m0../s1. The van der Waals surface area contributed by atoms with E-state index < -0.39 is 77.4 Å². The van der Waals surface area contributed by atoms with Crippen LogP contribution in [0.3, 0.4) is 0 Å². The topological polar surface area (TPSA) is 292 Å². The van der Waals surface area contributed by atoms with Crippen LogP contribution in [-0.4, -0.2) is 175 Å². The molecule has 4 saturated heterocycles. The monoisotopic (exact) mass is 1260 g/mol. The van der Waals surface area contributed by atoms with E-state index in [1.165, 1.54) is 18.4 Å². The van der Waals surface area contributed by atoms with Crippen molar-refractivity contribution in [1.29, 1.82) is 0 Å². The number of carbonyl (C=O) groups is 2. The van der Waals surface area contributed by atoms with E-state index in [0.29, 0.717) is 59.8 Å². The third kappa shape index (κ3) is 17.5. The highest BCUT2D eigenvalue weighted by molar-refractivity contribution is 7.15. The molecule has 9 rings (SSSR count). The minimum atomic E-state index is -1.83. The Morgan fingerprint density at radius 3 is 2.32 bits per heavy atom. The molecular weight excluding hydrogens is 1170 g/mol. The number of aliphatic imine (C=N–C) groups is 1. The Kier molecular flexibility index (Phi) is 25.2. The zero-order chi connectivity index (χ0) is 63.3. The molecule has 87 heavy (non-hydrogen) atoms. The highest BCUT2D eigenvalue weighted by Crippen LogP contribution is 2.47. The number of thiazole rings is 1. The van der Waals surface area contributed by atoms with Crippen LogP contribution in [0.1, 0.15) is 109 Å². The molecule has 1 aromatic carbocycles. The van der Waals surface area contributed by atoms with E-state index in [2.05, 4.69) is 67.4 Å². The Hall–Kier alpha value is -5.03. The number of carbonyl (C=O) groups excluding carboxylic acids is 1. The number of aromatic nitrogens is 1. The fourth-order valence-electron chi connectivity index (χ4n) is 12.4. The molecule has 23 nitrogen and oxygen atoms in total. The number of likely N-dealkylation sites (N-methyl/N-ethyl adjacent to an activating group) is 1. The summed E-state index contributed by atoms with van der Waals surface area (Å²) in [6.07, 6.45) is 12.3. The number of carboxylic acids is 1. The zero-order valence-corrected chi connectivity index (χ0v) is 53.3. The number of hydrogen-bond acceptors (Lipinski definition) is 20. The zero-order valence-electron chi connectivity index (χ0n) is 51.7. The van der Waals surface area contributed by atoms with Crippen LogP contribution in [0.4, 0.5) is 0 Å². The summed E-state index contributed by atoms with van der Waals surface area (Å²) in [5, 5.41) is 47.6. The normalized spacial score (nSPS) is 38.0. The number of benzene rings is 1. The van der Waals surface area contributed by atoms with Crippen molar-refractivity contribution in [1.82, 2.24) is 21.0 Å². The van der Waals surface area contributed by atoms with Crippen molar-refractivity contribution in [2.75, 3.05) is 34.9 Å². The number of ether oxygens (including phenoxy) is 10. The molecular formula is C62H89ClN6O17S. The number of guanidine groups is 1. The number of nitro groups is 1. The molecule has 0 radical (unpaired) electrons. The van der Waals surface area contributed by atoms with Crippen molar-refractivity contribution in [3.8, 4) is 0 Å². The van der Waals surface area contributed by atoms with Crippen LogP contribution in [0.5, 0.6) is 0 Å². The lowest BCUT2D eigenvalue weighted by molar-refractivity contribution is -0.525. The Morgan fingerprint density at radius 1 is 0.989 bits per heavy atom. The van der Waals surface area contributed by atoms with Gasteiger partial charge in [0.1, 0.15) is 35.9 Å². The van der Waals surface area contributed by atoms with Gasteiger partial charge in [-0.1, -0.05) is 106 Å². The number of halogens is 1. The molecule has 2 bridgehead atoms. The van der Waals surface area contributed by atoms with Gasteiger partial charge in [-0.25, -0.2) is 19.9 Å². The summed E-state index contributed by atoms with van der Waals surface area (Å²) in [4.78, 5) is 43.0. The first-order valence-electron chi connectivity index (χ1n) is 29.8. The summed E-state index contributed by atoms with van der Waals surface area (Å²) < 4.78 is 65.0. The molecule has 1 aliphatic carbocycles. The predicted molar refractivity (Wildman–Crippen MR) is 325 cm³/mol. The van der Waals surface area contributed by atoms with Gasteiger partial charge in [-0.2, -0.15) is 0 Å². The Bertz CT molecular complexity index is 2800. The lowest BCUT2D eigenvalue weighted by Gasteiger charge is -2.48. The minimum absolute atomic E-state index is 0.0411. The van der Waals surface area contributed by atoms with Crippen LogP contribution in [0.2, 0.25) is 4.47 Å². The van der Waals surface area contributed by atoms with Crippen LogP contribution in [0, 0.1) is 33.8 Å². The van der Waals surface area contributed by atoms with E-state index in [1.54, 1.807) is 69.8 Å². The highest BCUT2D eigenvalue weighted by atomic mass is 35.5. The Labute approximate surface area is 519 Å². The molecule has 25 heteroatoms. The van der Waals surface area contributed by atoms with E-state index >= 15 is 0 Å². The fraction of sp³-hybridized carbons (Fsp3) is 0.645. The molecule has 6 N–H and O–H groups in total. The molecule has 0 saturated carbocycles. The lowest BCUT2D eigenvalue weighted by atomic mass is 9.71. The Morgan fingerprint density at radius 2 is 1.69 bits per heavy atom. The van der Waals surface area contributed by atoms with Gasteiger partial charge >= 0.3 is 11.9 Å². The molecule has 4 fully saturated rings. The van der Waals surface area contributed by atoms with Crippen molar-refractivity contribution in [3.05, 3.63) is 121 Å². The second kappa shape index (κ2) is 31.6. The van der Waals surface area contributed by atoms with Crippen molar-refractivity contribution in [2.45, 2.75) is 198 Å². The number of nitrogens with one attached hydrogen (secondary N) is 3. The van der Waals surface area contributed by atoms with Crippen molar-refractivity contribution in [2.24, 2.45) is 28.7 Å². The third-order valence-electron chi connectivity index (χ3n) is 17.3. The highest BCUT2D eigenvalue weighted by Gasteiger charge is 2.60. The van der Waals surface area contributed by atoms with Crippen molar-refractivity contribution < 1.29 is 77.3 Å². The summed E-state index contributed by atoms with van der Waals surface area (Å²) >= 11 is 6.92. The summed E-state index contributed by atoms with van der Waals surface area (Å²) in [6.45, 7) is 16.8. The van der Waals surface area contributed by atoms with E-state index in [4.69, 9.17) is 64.1 Å². The quantitative estimate of drug-likeness (QED) is 0.0280. The van der Waals surface area contributed by atoms with Crippen LogP contribution in [-0.2, 0) is 58.7 Å². The minimum Gasteiger partial charge on any atom is -0.478 e. The number of rotatable bonds is 13. The van der Waals surface area contributed by atoms with Crippen molar-refractivity contribution in [3.63, 3.8) is 0 Å². The van der Waals surface area contributed by atoms with Gasteiger partial charge in [-0.05, 0) is 82.0 Å². The van der Waals surface area contributed by atoms with E-state index in [1.807, 2.05) is 44.5 Å². The predicted octanol–water partition coefficient (Wildman–Crippen LogP) is 7.64. The first-order chi connectivity index (χ1) is 41.5. The Balaban J connectivity index is 0.000000372. The molecule has 0 unspecified atom stereocenters. The average Bonchev–Trinajstić information content (AvgIpc) is 1.71. The molecule has 1 aromatic heterocycles. The van der Waals surface area contributed by atoms with E-state index in [9.17, 15) is 29.9 Å². The molecule has 20 atom stereocenters. The average molecular weight is 1260 g/mol. The molecule has 7 aliphatic rings. The molecule has 0 amide bonds. The lowest BCUT2D eigenvalue weighted by Crippen LogP contribution is -2.58. The SMILES string of the molecule is CC[C@H](C)[C@H]1O[C@]2(C=C[C@@H]1C)C[C@@H]1C[C@@H](C/C=C(\C)[C@@H](O[C@H]3C[C@H](OC)[C@@H](O[C@H]4C[C@H](OC)[C@@H](NC)[C@H](C)O4)[C@H](C)O3)[C@@H](C)/C=C/C=C3\CO[C@@H]4[C@H](O)C(C)=C[C@@H](C(=O)O1)[C@]34O)O2.CN=C(NCc1cnc(Cl)s1)N[N+](=O)[O-].O=C(O)c1ccccc1. The summed E-state index contributed by atoms with van der Waals surface area (Å²) in [7, 11) is 6.75. The summed E-state index contributed by atoms with van der Waals surface area (Å²) in [6, 6.07) is 8.34. The van der Waals surface area contributed by atoms with Gasteiger partial charge in [0.25, 0.3) is 5.96 Å². The smallest absolute Gasteiger partial charge is 0.335 e. The van der Waals surface area contributed by atoms with Crippen LogP contribution < -0.4 is 16.1 Å². The van der Waals surface area contributed by atoms with E-state index in [0.717, 1.165) is 16.9 Å². The van der Waals surface area contributed by atoms with Gasteiger partial charge in [0.2, 0.25) is 0 Å². The largest absolute Gasteiger partial charge is 0.478 e. The molecule has 2 aromatic rings. The summed E-state index contributed by atoms with van der Waals surface area (Å²) in [5.41, 5.74) is 2.43. The van der Waals surface area contributed by atoms with Gasteiger partial charge in [0.15, 0.2) is 27.9 Å². The van der Waals surface area contributed by atoms with Gasteiger partial charge in [-0.15, -0.1) is 11.3 Å². The number of hydrazine groups is 1. The number of fused-ring (bicyclic) bond motifs is 2. The number of nitrogens with zero attached hydrogens (tertiary/aromatic N) is 3. The number of hydrogen-bond donors (Lipinski definition) is 6. The number of methoxy groups -OCH3 is 2. The molecule has 7 heterocycles. The molecule has 1 spiro atoms. The van der Waals surface area contributed by atoms with E-state index in [-0.39, 0.29) is 73.0 Å². The first kappa shape index (κ1) is 69.4. The van der Waals surface area contributed by atoms with Gasteiger partial charge in [0, 0.05) is 69.9 Å². The number of allylic oxidation sites excluding steroid dienone is 2. The molecule has 6 aliphatic heterocycles. The maximum Gasteiger partial charge on any atom is 0.335 e. The van der Waals surface area contributed by atoms with Crippen molar-refractivity contribution >= 4 is 40.8 Å². The maximum absolute atomic E-state index is 14.4. The second-order valence-corrected chi connectivity index (χ2v) is 25.0. The number of carboxylic acid groups (broad SMARTS) is 1. The number of aromatic carboxylic acids is 1. The van der Waals surface area contributed by atoms with Gasteiger partial charge in [-0.3, -0.25) is 9.79 Å². The first-order valence-corrected chi connectivity index (χ1v) is 31.0. The summed E-state index contributed by atoms with van der Waals surface area (Å²) in [5.74, 6) is -3.30. The van der Waals surface area contributed by atoms with Crippen LogP contribution in [0.25, 0.3) is 0 Å².